The summed E-state index contributed by atoms with van der Waals surface area (Å²) in [6, 6.07) is 0. The molecule has 108 valence electrons. The molecule has 1 aliphatic carbocycles. The number of amides is 1. The zero-order valence-corrected chi connectivity index (χ0v) is 12.2. The smallest absolute Gasteiger partial charge is 0.410 e. The van der Waals surface area contributed by atoms with Gasteiger partial charge in [-0.05, 0) is 46.5 Å². The second-order valence-electron chi connectivity index (χ2n) is 6.45. The number of ether oxygens (including phenoxy) is 2. The molecule has 1 saturated heterocycles. The van der Waals surface area contributed by atoms with E-state index in [1.807, 2.05) is 27.7 Å². The van der Waals surface area contributed by atoms with Gasteiger partial charge in [-0.3, -0.25) is 4.79 Å². The maximum atomic E-state index is 12.0. The van der Waals surface area contributed by atoms with Crippen LogP contribution in [-0.2, 0) is 14.3 Å². The molecule has 0 aromatic carbocycles. The van der Waals surface area contributed by atoms with Crippen LogP contribution in [0.2, 0.25) is 0 Å². The van der Waals surface area contributed by atoms with Crippen molar-refractivity contribution in [1.29, 1.82) is 0 Å². The first kappa shape index (κ1) is 14.2. The number of fused-ring (bicyclic) bond motifs is 1. The van der Waals surface area contributed by atoms with Gasteiger partial charge < -0.3 is 14.4 Å². The van der Waals surface area contributed by atoms with E-state index in [9.17, 15) is 9.59 Å². The molecule has 0 bridgehead atoms. The molecule has 2 rings (SSSR count). The Balaban J connectivity index is 1.90. The molecule has 2 atom stereocenters. The van der Waals surface area contributed by atoms with Crippen molar-refractivity contribution in [3.05, 3.63) is 0 Å². The maximum Gasteiger partial charge on any atom is 0.410 e. The fraction of sp³-hybridized carbons (Fsp3) is 0.857. The quantitative estimate of drug-likeness (QED) is 0.721. The molecule has 0 spiro atoms. The van der Waals surface area contributed by atoms with Crippen LogP contribution >= 0.6 is 0 Å². The number of rotatable bonds is 2. The van der Waals surface area contributed by atoms with E-state index in [1.165, 1.54) is 0 Å². The molecule has 2 unspecified atom stereocenters. The lowest BCUT2D eigenvalue weighted by Gasteiger charge is -2.32. The summed E-state index contributed by atoms with van der Waals surface area (Å²) in [4.78, 5) is 25.6. The third-order valence-corrected chi connectivity index (χ3v) is 3.83. The van der Waals surface area contributed by atoms with Crippen LogP contribution in [0, 0.1) is 11.3 Å². The number of carbonyl (C=O) groups is 2. The minimum Gasteiger partial charge on any atom is -0.466 e. The molecule has 0 N–H and O–H groups in total. The lowest BCUT2D eigenvalue weighted by molar-refractivity contribution is -0.151. The van der Waals surface area contributed by atoms with E-state index in [1.54, 1.807) is 4.90 Å². The predicted molar refractivity (Wildman–Crippen MR) is 69.6 cm³/mol. The van der Waals surface area contributed by atoms with Crippen LogP contribution in [0.3, 0.4) is 0 Å². The Hall–Kier alpha value is -1.26. The third-order valence-electron chi connectivity index (χ3n) is 3.83. The van der Waals surface area contributed by atoms with Crippen LogP contribution in [0.25, 0.3) is 0 Å². The van der Waals surface area contributed by atoms with Gasteiger partial charge in [0.15, 0.2) is 0 Å². The van der Waals surface area contributed by atoms with Crippen LogP contribution in [0.15, 0.2) is 0 Å². The van der Waals surface area contributed by atoms with Gasteiger partial charge in [0.1, 0.15) is 5.60 Å². The largest absolute Gasteiger partial charge is 0.466 e. The van der Waals surface area contributed by atoms with Crippen molar-refractivity contribution in [2.75, 3.05) is 19.7 Å². The summed E-state index contributed by atoms with van der Waals surface area (Å²) >= 11 is 0. The SMILES string of the molecule is CCOC(=O)C12CCN(C(=O)OC(C)(C)C)CC1C2. The fourth-order valence-corrected chi connectivity index (χ4v) is 2.74. The van der Waals surface area contributed by atoms with Gasteiger partial charge >= 0.3 is 12.1 Å². The second kappa shape index (κ2) is 4.69. The Labute approximate surface area is 114 Å². The van der Waals surface area contributed by atoms with Crippen LogP contribution in [-0.4, -0.2) is 42.3 Å². The highest BCUT2D eigenvalue weighted by Crippen LogP contribution is 2.58. The van der Waals surface area contributed by atoms with E-state index >= 15 is 0 Å². The van der Waals surface area contributed by atoms with E-state index in [0.29, 0.717) is 26.1 Å². The maximum absolute atomic E-state index is 12.0. The highest BCUT2D eigenvalue weighted by atomic mass is 16.6. The van der Waals surface area contributed by atoms with Gasteiger partial charge in [0.25, 0.3) is 0 Å². The van der Waals surface area contributed by atoms with Crippen molar-refractivity contribution in [2.45, 2.75) is 46.1 Å². The molecule has 1 amide bonds. The predicted octanol–water partition coefficient (Wildman–Crippen LogP) is 2.20. The summed E-state index contributed by atoms with van der Waals surface area (Å²) < 4.78 is 10.5. The molecule has 0 aromatic rings. The minimum atomic E-state index is -0.476. The Morgan fingerprint density at radius 1 is 1.37 bits per heavy atom. The summed E-state index contributed by atoms with van der Waals surface area (Å²) in [5.74, 6) is 0.150. The molecule has 1 heterocycles. The molecule has 5 heteroatoms. The molecule has 0 radical (unpaired) electrons. The first-order valence-corrected chi connectivity index (χ1v) is 6.93. The van der Waals surface area contributed by atoms with Gasteiger partial charge in [-0.1, -0.05) is 0 Å². The average molecular weight is 269 g/mol. The van der Waals surface area contributed by atoms with Gasteiger partial charge in [0, 0.05) is 13.1 Å². The summed E-state index contributed by atoms with van der Waals surface area (Å²) in [6.45, 7) is 8.99. The number of carbonyl (C=O) groups excluding carboxylic acids is 2. The van der Waals surface area contributed by atoms with Crippen LogP contribution < -0.4 is 0 Å². The van der Waals surface area contributed by atoms with Crippen LogP contribution in [0.1, 0.15) is 40.5 Å². The third kappa shape index (κ3) is 2.85. The zero-order chi connectivity index (χ0) is 14.3. The Morgan fingerprint density at radius 2 is 2.05 bits per heavy atom. The molecule has 0 aromatic heterocycles. The lowest BCUT2D eigenvalue weighted by atomic mass is 9.95. The number of piperidine rings is 1. The van der Waals surface area contributed by atoms with Crippen molar-refractivity contribution in [3.8, 4) is 0 Å². The summed E-state index contributed by atoms with van der Waals surface area (Å²) in [5, 5.41) is 0. The van der Waals surface area contributed by atoms with Gasteiger partial charge in [0.2, 0.25) is 0 Å². The molecule has 5 nitrogen and oxygen atoms in total. The Kier molecular flexibility index (Phi) is 3.49. The van der Waals surface area contributed by atoms with Gasteiger partial charge in [-0.2, -0.15) is 0 Å². The van der Waals surface area contributed by atoms with Gasteiger partial charge in [-0.15, -0.1) is 0 Å². The van der Waals surface area contributed by atoms with Crippen molar-refractivity contribution in [3.63, 3.8) is 0 Å². The minimum absolute atomic E-state index is 0.0937. The van der Waals surface area contributed by atoms with E-state index in [0.717, 1.165) is 6.42 Å². The van der Waals surface area contributed by atoms with Gasteiger partial charge in [-0.25, -0.2) is 4.79 Å². The summed E-state index contributed by atoms with van der Waals surface area (Å²) in [7, 11) is 0. The number of likely N-dealkylation sites (tertiary alicyclic amines) is 1. The highest BCUT2D eigenvalue weighted by Gasteiger charge is 2.63. The lowest BCUT2D eigenvalue weighted by Crippen LogP contribution is -2.44. The number of nitrogens with zero attached hydrogens (tertiary/aromatic N) is 1. The molecule has 1 aliphatic heterocycles. The second-order valence-corrected chi connectivity index (χ2v) is 6.45. The van der Waals surface area contributed by atoms with E-state index in [-0.39, 0.29) is 23.4 Å². The highest BCUT2D eigenvalue weighted by molar-refractivity contribution is 5.81. The van der Waals surface area contributed by atoms with Crippen LogP contribution in [0.5, 0.6) is 0 Å². The number of hydrogen-bond acceptors (Lipinski definition) is 4. The Morgan fingerprint density at radius 3 is 2.58 bits per heavy atom. The molecule has 19 heavy (non-hydrogen) atoms. The first-order valence-electron chi connectivity index (χ1n) is 6.93. The van der Waals surface area contributed by atoms with Crippen molar-refractivity contribution in [2.24, 2.45) is 11.3 Å². The zero-order valence-electron chi connectivity index (χ0n) is 12.2. The van der Waals surface area contributed by atoms with E-state index < -0.39 is 5.60 Å². The van der Waals surface area contributed by atoms with Gasteiger partial charge in [0.05, 0.1) is 12.0 Å². The molecular formula is C14H23NO4. The monoisotopic (exact) mass is 269 g/mol. The summed E-state index contributed by atoms with van der Waals surface area (Å²) in [6.07, 6.45) is 1.25. The van der Waals surface area contributed by atoms with E-state index in [4.69, 9.17) is 9.47 Å². The van der Waals surface area contributed by atoms with Crippen molar-refractivity contribution in [1.82, 2.24) is 4.90 Å². The average Bonchev–Trinajstić information content (AvgIpc) is 3.01. The standard InChI is InChI=1S/C14H23NO4/c1-5-18-11(16)14-6-7-15(9-10(14)8-14)12(17)19-13(2,3)4/h10H,5-9H2,1-4H3. The Bertz CT molecular complexity index is 387. The molecule has 1 saturated carbocycles. The topological polar surface area (TPSA) is 55.8 Å². The molecule has 2 fully saturated rings. The number of esters is 1. The van der Waals surface area contributed by atoms with Crippen LogP contribution in [0.4, 0.5) is 4.79 Å². The van der Waals surface area contributed by atoms with Crippen molar-refractivity contribution < 1.29 is 19.1 Å². The molecule has 2 aliphatic rings. The summed E-state index contributed by atoms with van der Waals surface area (Å²) in [5.41, 5.74) is -0.787. The van der Waals surface area contributed by atoms with E-state index in [2.05, 4.69) is 0 Å². The molecular weight excluding hydrogens is 246 g/mol. The normalized spacial score (nSPS) is 29.5. The van der Waals surface area contributed by atoms with Crippen molar-refractivity contribution >= 4 is 12.1 Å². The fourth-order valence-electron chi connectivity index (χ4n) is 2.74. The first-order chi connectivity index (χ1) is 8.78. The number of hydrogen-bond donors (Lipinski definition) is 0.